The van der Waals surface area contributed by atoms with E-state index in [0.29, 0.717) is 11.7 Å². The molecule has 0 bridgehead atoms. The maximum atomic E-state index is 12.5. The number of hydrogen-bond donors (Lipinski definition) is 1. The van der Waals surface area contributed by atoms with E-state index in [4.69, 9.17) is 4.74 Å². The lowest BCUT2D eigenvalue weighted by Gasteiger charge is -2.32. The average molecular weight is 347 g/mol. The van der Waals surface area contributed by atoms with Crippen molar-refractivity contribution in [2.24, 2.45) is 5.92 Å². The lowest BCUT2D eigenvalue weighted by Crippen LogP contribution is -2.42. The number of benzene rings is 1. The van der Waals surface area contributed by atoms with Crippen LogP contribution in [0.1, 0.15) is 30.8 Å². The van der Waals surface area contributed by atoms with Crippen LogP contribution in [0.2, 0.25) is 0 Å². The van der Waals surface area contributed by atoms with Gasteiger partial charge in [-0.1, -0.05) is 12.1 Å². The third kappa shape index (κ3) is 4.11. The quantitative estimate of drug-likeness (QED) is 0.871. The van der Waals surface area contributed by atoms with Crippen LogP contribution in [0.5, 0.6) is 0 Å². The molecule has 5 nitrogen and oxygen atoms in total. The standard InChI is InChI=1S/C18H25N3O2S/c1-13(18-19-15-7-3-4-8-16(15)20-18)24-12-17(22)21-9-5-6-14(10-21)11-23-2/h3-4,7-8,13-14H,5-6,9-12H2,1-2H3,(H,19,20)/t13-,14+/m1/s1. The highest BCUT2D eigenvalue weighted by Gasteiger charge is 2.24. The molecule has 1 saturated heterocycles. The third-order valence-corrected chi connectivity index (χ3v) is 5.66. The number of hydrogen-bond acceptors (Lipinski definition) is 4. The van der Waals surface area contributed by atoms with Crippen LogP contribution in [-0.4, -0.2) is 53.3 Å². The lowest BCUT2D eigenvalue weighted by atomic mass is 9.99. The van der Waals surface area contributed by atoms with E-state index in [0.717, 1.165) is 49.4 Å². The number of aromatic amines is 1. The van der Waals surface area contributed by atoms with Gasteiger partial charge >= 0.3 is 0 Å². The molecule has 130 valence electrons. The Bertz CT molecular complexity index is 653. The molecule has 24 heavy (non-hydrogen) atoms. The highest BCUT2D eigenvalue weighted by molar-refractivity contribution is 8.00. The molecule has 2 heterocycles. The Morgan fingerprint density at radius 1 is 1.50 bits per heavy atom. The zero-order valence-electron chi connectivity index (χ0n) is 14.3. The van der Waals surface area contributed by atoms with Gasteiger partial charge < -0.3 is 14.6 Å². The predicted octanol–water partition coefficient (Wildman–Crippen LogP) is 3.24. The van der Waals surface area contributed by atoms with Crippen LogP contribution in [0.25, 0.3) is 11.0 Å². The Balaban J connectivity index is 1.53. The van der Waals surface area contributed by atoms with Crippen LogP contribution < -0.4 is 0 Å². The first kappa shape index (κ1) is 17.3. The van der Waals surface area contributed by atoms with Crippen molar-refractivity contribution in [1.29, 1.82) is 0 Å². The maximum Gasteiger partial charge on any atom is 0.232 e. The van der Waals surface area contributed by atoms with E-state index < -0.39 is 0 Å². The third-order valence-electron chi connectivity index (χ3n) is 4.52. The summed E-state index contributed by atoms with van der Waals surface area (Å²) in [4.78, 5) is 22.5. The van der Waals surface area contributed by atoms with Crippen LogP contribution in [0.15, 0.2) is 24.3 Å². The molecule has 1 aliphatic rings. The number of amides is 1. The molecule has 2 aromatic rings. The maximum absolute atomic E-state index is 12.5. The fourth-order valence-electron chi connectivity index (χ4n) is 3.19. The number of para-hydroxylation sites is 2. The van der Waals surface area contributed by atoms with Gasteiger partial charge in [0.25, 0.3) is 0 Å². The first-order chi connectivity index (χ1) is 11.7. The van der Waals surface area contributed by atoms with E-state index in [1.165, 1.54) is 0 Å². The van der Waals surface area contributed by atoms with Crippen molar-refractivity contribution < 1.29 is 9.53 Å². The SMILES string of the molecule is COC[C@H]1CCCN(C(=O)CS[C@H](C)c2nc3ccccc3[nH]2)C1. The van der Waals surface area contributed by atoms with Gasteiger partial charge in [-0.2, -0.15) is 0 Å². The van der Waals surface area contributed by atoms with Crippen molar-refractivity contribution >= 4 is 28.7 Å². The fraction of sp³-hybridized carbons (Fsp3) is 0.556. The molecule has 1 amide bonds. The zero-order valence-corrected chi connectivity index (χ0v) is 15.1. The first-order valence-electron chi connectivity index (χ1n) is 8.50. The van der Waals surface area contributed by atoms with E-state index in [2.05, 4.69) is 16.9 Å². The summed E-state index contributed by atoms with van der Waals surface area (Å²) in [5.74, 6) is 2.14. The molecule has 0 aliphatic carbocycles. The lowest BCUT2D eigenvalue weighted by molar-refractivity contribution is -0.130. The molecule has 1 aromatic carbocycles. The van der Waals surface area contributed by atoms with Crippen LogP contribution in [0.4, 0.5) is 0 Å². The van der Waals surface area contributed by atoms with Gasteiger partial charge in [-0.25, -0.2) is 4.98 Å². The number of nitrogens with zero attached hydrogens (tertiary/aromatic N) is 2. The van der Waals surface area contributed by atoms with Crippen LogP contribution in [-0.2, 0) is 9.53 Å². The largest absolute Gasteiger partial charge is 0.384 e. The Morgan fingerprint density at radius 3 is 3.12 bits per heavy atom. The summed E-state index contributed by atoms with van der Waals surface area (Å²) in [6, 6.07) is 8.01. The Hall–Kier alpha value is -1.53. The smallest absolute Gasteiger partial charge is 0.232 e. The van der Waals surface area contributed by atoms with Crippen LogP contribution in [0.3, 0.4) is 0 Å². The number of methoxy groups -OCH3 is 1. The minimum Gasteiger partial charge on any atom is -0.384 e. The molecule has 0 saturated carbocycles. The van der Waals surface area contributed by atoms with Gasteiger partial charge in [0.1, 0.15) is 5.82 Å². The number of nitrogens with one attached hydrogen (secondary N) is 1. The Morgan fingerprint density at radius 2 is 2.33 bits per heavy atom. The number of H-pyrrole nitrogens is 1. The number of rotatable bonds is 6. The van der Waals surface area contributed by atoms with Gasteiger partial charge in [-0.15, -0.1) is 11.8 Å². The number of likely N-dealkylation sites (tertiary alicyclic amines) is 1. The molecule has 2 atom stereocenters. The predicted molar refractivity (Wildman–Crippen MR) is 98.1 cm³/mol. The fourth-order valence-corrected chi connectivity index (χ4v) is 4.04. The molecule has 6 heteroatoms. The zero-order chi connectivity index (χ0) is 16.9. The summed E-state index contributed by atoms with van der Waals surface area (Å²) < 4.78 is 5.24. The number of fused-ring (bicyclic) bond motifs is 1. The second kappa shape index (κ2) is 8.03. The van der Waals surface area contributed by atoms with E-state index >= 15 is 0 Å². The monoisotopic (exact) mass is 347 g/mol. The molecule has 0 radical (unpaired) electrons. The van der Waals surface area contributed by atoms with E-state index in [1.807, 2.05) is 29.2 Å². The van der Waals surface area contributed by atoms with Crippen molar-refractivity contribution in [2.75, 3.05) is 32.6 Å². The van der Waals surface area contributed by atoms with Gasteiger partial charge in [-0.05, 0) is 37.8 Å². The molecule has 0 spiro atoms. The normalized spacial score (nSPS) is 19.6. The summed E-state index contributed by atoms with van der Waals surface area (Å²) in [5, 5.41) is 0.168. The number of ether oxygens (including phenoxy) is 1. The van der Waals surface area contributed by atoms with Crippen molar-refractivity contribution in [1.82, 2.24) is 14.9 Å². The molecule has 1 fully saturated rings. The Labute approximate surface area is 147 Å². The average Bonchev–Trinajstić information content (AvgIpc) is 3.04. The minimum atomic E-state index is 0.168. The van der Waals surface area contributed by atoms with E-state index in [1.54, 1.807) is 18.9 Å². The number of imidazole rings is 1. The van der Waals surface area contributed by atoms with E-state index in [-0.39, 0.29) is 11.2 Å². The number of carbonyl (C=O) groups is 1. The summed E-state index contributed by atoms with van der Waals surface area (Å²) in [6.07, 6.45) is 2.23. The van der Waals surface area contributed by atoms with Crippen molar-refractivity contribution in [3.05, 3.63) is 30.1 Å². The molecular weight excluding hydrogens is 322 g/mol. The summed E-state index contributed by atoms with van der Waals surface area (Å²) in [7, 11) is 1.73. The number of carbonyl (C=O) groups excluding carboxylic acids is 1. The minimum absolute atomic E-state index is 0.168. The molecule has 1 aliphatic heterocycles. The summed E-state index contributed by atoms with van der Waals surface area (Å²) in [6.45, 7) is 4.54. The second-order valence-corrected chi connectivity index (χ2v) is 7.72. The van der Waals surface area contributed by atoms with Crippen molar-refractivity contribution in [3.8, 4) is 0 Å². The van der Waals surface area contributed by atoms with Gasteiger partial charge in [0.05, 0.1) is 28.6 Å². The number of thioether (sulfide) groups is 1. The van der Waals surface area contributed by atoms with Gasteiger partial charge in [-0.3, -0.25) is 4.79 Å². The van der Waals surface area contributed by atoms with Crippen LogP contribution in [0, 0.1) is 5.92 Å². The molecule has 1 N–H and O–H groups in total. The summed E-state index contributed by atoms with van der Waals surface area (Å²) in [5.41, 5.74) is 2.02. The van der Waals surface area contributed by atoms with E-state index in [9.17, 15) is 4.79 Å². The highest BCUT2D eigenvalue weighted by atomic mass is 32.2. The molecular formula is C18H25N3O2S. The highest BCUT2D eigenvalue weighted by Crippen LogP contribution is 2.28. The van der Waals surface area contributed by atoms with Gasteiger partial charge in [0.15, 0.2) is 0 Å². The number of piperidine rings is 1. The van der Waals surface area contributed by atoms with Gasteiger partial charge in [0.2, 0.25) is 5.91 Å². The molecule has 3 rings (SSSR count). The molecule has 1 aromatic heterocycles. The van der Waals surface area contributed by atoms with Crippen LogP contribution >= 0.6 is 11.8 Å². The van der Waals surface area contributed by atoms with Crippen molar-refractivity contribution in [2.45, 2.75) is 25.0 Å². The number of aromatic nitrogens is 2. The summed E-state index contributed by atoms with van der Waals surface area (Å²) >= 11 is 1.64. The molecule has 0 unspecified atom stereocenters. The topological polar surface area (TPSA) is 58.2 Å². The van der Waals surface area contributed by atoms with Gasteiger partial charge in [0, 0.05) is 20.2 Å². The Kier molecular flexibility index (Phi) is 5.79. The first-order valence-corrected chi connectivity index (χ1v) is 9.55. The second-order valence-electron chi connectivity index (χ2n) is 6.40. The van der Waals surface area contributed by atoms with Crippen molar-refractivity contribution in [3.63, 3.8) is 0 Å².